The van der Waals surface area contributed by atoms with Gasteiger partial charge in [-0.3, -0.25) is 14.8 Å². The molecule has 0 aromatic rings. The maximum atomic E-state index is 10.7. The minimum Gasteiger partial charge on any atom is -0.799 e. The average molecular weight is 217 g/mol. The second-order valence-corrected chi connectivity index (χ2v) is 4.77. The van der Waals surface area contributed by atoms with Crippen molar-refractivity contribution in [1.82, 2.24) is 5.48 Å². The van der Waals surface area contributed by atoms with Gasteiger partial charge in [0.05, 0.1) is 6.42 Å². The Balaban J connectivity index is 0. The maximum absolute atomic E-state index is 10.7. The maximum Gasteiger partial charge on any atom is 1.00 e. The van der Waals surface area contributed by atoms with E-state index >= 15 is 0 Å². The normalized spacial score (nSPS) is 13.8. The molecule has 6 nitrogen and oxygen atoms in total. The number of nitrogens with one attached hydrogen (secondary N) is 1. The van der Waals surface area contributed by atoms with Crippen LogP contribution in [-0.4, -0.2) is 29.7 Å². The summed E-state index contributed by atoms with van der Waals surface area (Å²) in [6.45, 7) is 0.918. The van der Waals surface area contributed by atoms with Crippen molar-refractivity contribution >= 4 is 19.1 Å². The van der Waals surface area contributed by atoms with Gasteiger partial charge < -0.3 is 9.46 Å². The van der Waals surface area contributed by atoms with Crippen molar-refractivity contribution in [1.29, 1.82) is 0 Å². The van der Waals surface area contributed by atoms with Gasteiger partial charge in [-0.05, 0) is 6.66 Å². The Morgan fingerprint density at radius 1 is 1.54 bits per heavy atom. The first-order valence-electron chi connectivity index (χ1n) is 3.07. The molecule has 1 amide bonds. The van der Waals surface area contributed by atoms with Gasteiger partial charge in [0.25, 0.3) is 5.91 Å². The van der Waals surface area contributed by atoms with Crippen LogP contribution in [0.3, 0.4) is 0 Å². The number of carbonyl (C=O) groups excluding carboxylic acids is 2. The average Bonchev–Trinajstić information content (AvgIpc) is 1.82. The van der Waals surface area contributed by atoms with Gasteiger partial charge in [-0.2, -0.15) is 0 Å². The van der Waals surface area contributed by atoms with Crippen LogP contribution in [0, 0.1) is 0 Å². The summed E-state index contributed by atoms with van der Waals surface area (Å²) in [5.41, 5.74) is 1.23. The molecular formula is C5H9NNaO5P. The third-order valence-corrected chi connectivity index (χ3v) is 1.87. The molecule has 0 aliphatic rings. The molecule has 0 heterocycles. The van der Waals surface area contributed by atoms with Crippen molar-refractivity contribution in [3.05, 3.63) is 0 Å². The van der Waals surface area contributed by atoms with Crippen molar-refractivity contribution in [2.24, 2.45) is 0 Å². The van der Waals surface area contributed by atoms with E-state index in [4.69, 9.17) is 5.21 Å². The van der Waals surface area contributed by atoms with Crippen LogP contribution < -0.4 is 39.9 Å². The van der Waals surface area contributed by atoms with Crippen molar-refractivity contribution in [2.75, 3.05) is 12.8 Å². The van der Waals surface area contributed by atoms with E-state index in [2.05, 4.69) is 0 Å². The van der Waals surface area contributed by atoms with Crippen LogP contribution in [0.25, 0.3) is 0 Å². The molecule has 1 unspecified atom stereocenters. The Labute approximate surface area is 97.4 Å². The zero-order valence-electron chi connectivity index (χ0n) is 7.44. The molecule has 1 atom stereocenters. The van der Waals surface area contributed by atoms with E-state index in [1.807, 2.05) is 0 Å². The summed E-state index contributed by atoms with van der Waals surface area (Å²) in [6.07, 6.45) is -1.27. The molecule has 0 radical (unpaired) electrons. The summed E-state index contributed by atoms with van der Waals surface area (Å²) < 4.78 is 10.5. The summed E-state index contributed by atoms with van der Waals surface area (Å²) in [6, 6.07) is 0. The van der Waals surface area contributed by atoms with Gasteiger partial charge in [0.15, 0.2) is 0 Å². The Hall–Kier alpha value is 0.290. The number of amides is 1. The Kier molecular flexibility index (Phi) is 8.12. The van der Waals surface area contributed by atoms with E-state index in [1.165, 1.54) is 5.48 Å². The molecule has 13 heavy (non-hydrogen) atoms. The van der Waals surface area contributed by atoms with E-state index in [9.17, 15) is 19.0 Å². The van der Waals surface area contributed by atoms with Crippen molar-refractivity contribution in [3.63, 3.8) is 0 Å². The predicted molar refractivity (Wildman–Crippen MR) is 38.0 cm³/mol. The predicted octanol–water partition coefficient (Wildman–Crippen LogP) is -4.28. The molecule has 0 bridgehead atoms. The summed E-state index contributed by atoms with van der Waals surface area (Å²) >= 11 is 0. The molecule has 8 heteroatoms. The fourth-order valence-electron chi connectivity index (χ4n) is 0.595. The minimum absolute atomic E-state index is 0. The molecule has 0 fully saturated rings. The number of ketones is 1. The zero-order chi connectivity index (χ0) is 9.78. The fraction of sp³-hybridized carbons (Fsp3) is 0.600. The van der Waals surface area contributed by atoms with Crippen LogP contribution in [0.1, 0.15) is 6.42 Å². The van der Waals surface area contributed by atoms with Gasteiger partial charge in [-0.25, -0.2) is 5.48 Å². The van der Waals surface area contributed by atoms with Crippen LogP contribution in [0.15, 0.2) is 0 Å². The standard InChI is InChI=1S/C5H10NO5P.Na/c1-12(10,11)3-4(7)2-5(8)6-9;/h9H,2-3H2,1H3,(H,6,8)(H,10,11);/q;+1/p-1. The number of Topliss-reactive ketones (excluding diaryl/α,β-unsaturated/α-hetero) is 1. The third kappa shape index (κ3) is 10.2. The van der Waals surface area contributed by atoms with E-state index in [0.29, 0.717) is 0 Å². The molecule has 0 aliphatic heterocycles. The van der Waals surface area contributed by atoms with E-state index in [1.54, 1.807) is 0 Å². The van der Waals surface area contributed by atoms with Crippen molar-refractivity contribution < 1.29 is 53.8 Å². The molecule has 0 rings (SSSR count). The second-order valence-electron chi connectivity index (χ2n) is 2.42. The molecule has 0 aromatic carbocycles. The van der Waals surface area contributed by atoms with Crippen molar-refractivity contribution in [3.8, 4) is 0 Å². The number of hydrogen-bond acceptors (Lipinski definition) is 5. The minimum atomic E-state index is -3.65. The fourth-order valence-corrected chi connectivity index (χ4v) is 1.35. The van der Waals surface area contributed by atoms with E-state index < -0.39 is 31.6 Å². The molecular weight excluding hydrogens is 208 g/mol. The van der Waals surface area contributed by atoms with Crippen LogP contribution in [0.4, 0.5) is 0 Å². The number of carbonyl (C=O) groups is 2. The molecule has 2 N–H and O–H groups in total. The molecule has 0 saturated carbocycles. The Morgan fingerprint density at radius 3 is 2.31 bits per heavy atom. The summed E-state index contributed by atoms with van der Waals surface area (Å²) in [5, 5.41) is 7.98. The quantitative estimate of drug-likeness (QED) is 0.163. The van der Waals surface area contributed by atoms with E-state index in [-0.39, 0.29) is 29.6 Å². The first kappa shape index (κ1) is 15.7. The second kappa shape index (κ2) is 6.70. The summed E-state index contributed by atoms with van der Waals surface area (Å²) in [7, 11) is -3.65. The van der Waals surface area contributed by atoms with Gasteiger partial charge in [-0.1, -0.05) is 0 Å². The van der Waals surface area contributed by atoms with Gasteiger partial charge in [0.1, 0.15) is 5.78 Å². The van der Waals surface area contributed by atoms with Crippen LogP contribution in [0.2, 0.25) is 0 Å². The molecule has 0 spiro atoms. The summed E-state index contributed by atoms with van der Waals surface area (Å²) in [4.78, 5) is 31.5. The SMILES string of the molecule is CP(=O)([O-])CC(=O)CC(=O)NO.[Na+]. The smallest absolute Gasteiger partial charge is 0.799 e. The number of rotatable bonds is 4. The van der Waals surface area contributed by atoms with Gasteiger partial charge >= 0.3 is 29.6 Å². The zero-order valence-corrected chi connectivity index (χ0v) is 10.3. The van der Waals surface area contributed by atoms with Crippen molar-refractivity contribution in [2.45, 2.75) is 6.42 Å². The third-order valence-electron chi connectivity index (χ3n) is 0.946. The summed E-state index contributed by atoms with van der Waals surface area (Å²) in [5.74, 6) is -1.64. The number of hydrogen-bond donors (Lipinski definition) is 2. The number of hydroxylamine groups is 1. The molecule has 0 saturated heterocycles. The van der Waals surface area contributed by atoms with Crippen LogP contribution in [0.5, 0.6) is 0 Å². The monoisotopic (exact) mass is 217 g/mol. The molecule has 0 aromatic heterocycles. The Bertz CT molecular complexity index is 237. The molecule has 70 valence electrons. The van der Waals surface area contributed by atoms with Gasteiger partial charge in [0.2, 0.25) is 0 Å². The van der Waals surface area contributed by atoms with E-state index in [0.717, 1.165) is 6.66 Å². The first-order valence-corrected chi connectivity index (χ1v) is 5.33. The van der Waals surface area contributed by atoms with Crippen LogP contribution in [-0.2, 0) is 14.2 Å². The van der Waals surface area contributed by atoms with Gasteiger partial charge in [0, 0.05) is 13.5 Å². The van der Waals surface area contributed by atoms with Crippen LogP contribution >= 0.6 is 7.37 Å². The first-order chi connectivity index (χ1) is 5.35. The Morgan fingerprint density at radius 2 is 2.00 bits per heavy atom. The topological polar surface area (TPSA) is 107 Å². The molecule has 0 aliphatic carbocycles. The largest absolute Gasteiger partial charge is 1.00 e. The van der Waals surface area contributed by atoms with Gasteiger partial charge in [-0.15, -0.1) is 0 Å².